The maximum Gasteiger partial charge on any atom is 0.163 e. The minimum atomic E-state index is 0.575. The molecule has 2 aromatic rings. The highest BCUT2D eigenvalue weighted by Gasteiger charge is 2.04. The highest BCUT2D eigenvalue weighted by Crippen LogP contribution is 2.31. The van der Waals surface area contributed by atoms with E-state index in [0.29, 0.717) is 5.82 Å². The van der Waals surface area contributed by atoms with Crippen LogP contribution in [0.2, 0.25) is 0 Å². The van der Waals surface area contributed by atoms with Crippen molar-refractivity contribution >= 4 is 43.3 Å². The zero-order valence-corrected chi connectivity index (χ0v) is 7.29. The second-order valence-electron chi connectivity index (χ2n) is 1.90. The van der Waals surface area contributed by atoms with E-state index in [1.54, 1.807) is 11.3 Å². The number of halogens is 1. The van der Waals surface area contributed by atoms with Crippen molar-refractivity contribution in [2.45, 2.75) is 0 Å². The quantitative estimate of drug-likeness (QED) is 0.710. The van der Waals surface area contributed by atoms with Crippen LogP contribution in [0.15, 0.2) is 9.85 Å². The molecule has 2 heterocycles. The molecule has 0 radical (unpaired) electrons. The van der Waals surface area contributed by atoms with E-state index < -0.39 is 0 Å². The Morgan fingerprint density at radius 2 is 2.50 bits per heavy atom. The molecule has 0 atom stereocenters. The number of hydrogen-bond donors (Lipinski definition) is 2. The van der Waals surface area contributed by atoms with E-state index in [1.807, 2.05) is 6.07 Å². The maximum atomic E-state index is 5.54. The number of rotatable bonds is 0. The fourth-order valence-corrected chi connectivity index (χ4v) is 2.26. The molecule has 0 spiro atoms. The van der Waals surface area contributed by atoms with Crippen LogP contribution in [0.1, 0.15) is 0 Å². The molecule has 0 amide bonds. The predicted molar refractivity (Wildman–Crippen MR) is 46.1 cm³/mol. The molecular weight excluding hydrogens is 214 g/mol. The zero-order chi connectivity index (χ0) is 7.14. The topological polar surface area (TPSA) is 54.7 Å². The first-order valence-electron chi connectivity index (χ1n) is 2.66. The number of nitrogens with zero attached hydrogens (tertiary/aromatic N) is 1. The molecule has 0 fully saturated rings. The Kier molecular flexibility index (Phi) is 1.21. The molecule has 0 aliphatic rings. The number of nitrogens with one attached hydrogen (secondary N) is 1. The minimum absolute atomic E-state index is 0.575. The second kappa shape index (κ2) is 1.96. The molecule has 0 saturated carbocycles. The van der Waals surface area contributed by atoms with Crippen molar-refractivity contribution in [2.75, 3.05) is 5.73 Å². The van der Waals surface area contributed by atoms with Crippen molar-refractivity contribution in [3.8, 4) is 0 Å². The van der Waals surface area contributed by atoms with Crippen LogP contribution < -0.4 is 5.73 Å². The van der Waals surface area contributed by atoms with Gasteiger partial charge in [0, 0.05) is 0 Å². The highest BCUT2D eigenvalue weighted by molar-refractivity contribution is 9.11. The summed E-state index contributed by atoms with van der Waals surface area (Å²) in [6, 6.07) is 1.96. The van der Waals surface area contributed by atoms with Crippen molar-refractivity contribution in [3.05, 3.63) is 9.85 Å². The largest absolute Gasteiger partial charge is 0.381 e. The average Bonchev–Trinajstić information content (AvgIpc) is 2.35. The Hall–Kier alpha value is -0.550. The molecule has 0 aromatic carbocycles. The van der Waals surface area contributed by atoms with Gasteiger partial charge in [0.15, 0.2) is 5.82 Å². The lowest BCUT2D eigenvalue weighted by atomic mass is 10.5. The Labute approximate surface area is 69.4 Å². The third-order valence-electron chi connectivity index (χ3n) is 1.23. The van der Waals surface area contributed by atoms with Crippen molar-refractivity contribution in [2.24, 2.45) is 0 Å². The van der Waals surface area contributed by atoms with Crippen LogP contribution in [0.25, 0.3) is 10.2 Å². The van der Waals surface area contributed by atoms with Crippen LogP contribution in [0.3, 0.4) is 0 Å². The van der Waals surface area contributed by atoms with Gasteiger partial charge in [0.05, 0.1) is 14.0 Å². The number of nitrogens with two attached hydrogens (primary N) is 1. The van der Waals surface area contributed by atoms with Gasteiger partial charge in [0.2, 0.25) is 0 Å². The minimum Gasteiger partial charge on any atom is -0.381 e. The van der Waals surface area contributed by atoms with Gasteiger partial charge in [-0.3, -0.25) is 5.10 Å². The summed E-state index contributed by atoms with van der Waals surface area (Å²) in [6.45, 7) is 0. The van der Waals surface area contributed by atoms with Crippen LogP contribution in [0, 0.1) is 0 Å². The number of nitrogen functional groups attached to an aromatic ring is 1. The van der Waals surface area contributed by atoms with Crippen LogP contribution >= 0.6 is 27.3 Å². The number of anilines is 1. The lowest BCUT2D eigenvalue weighted by Gasteiger charge is -1.76. The normalized spacial score (nSPS) is 10.9. The van der Waals surface area contributed by atoms with Gasteiger partial charge in [0.25, 0.3) is 0 Å². The summed E-state index contributed by atoms with van der Waals surface area (Å²) in [4.78, 5) is 0. The lowest BCUT2D eigenvalue weighted by molar-refractivity contribution is 1.13. The summed E-state index contributed by atoms with van der Waals surface area (Å²) < 4.78 is 2.09. The number of aromatic amines is 1. The second-order valence-corrected chi connectivity index (χ2v) is 4.33. The van der Waals surface area contributed by atoms with E-state index in [9.17, 15) is 0 Å². The van der Waals surface area contributed by atoms with Gasteiger partial charge in [-0.2, -0.15) is 5.10 Å². The van der Waals surface area contributed by atoms with Crippen molar-refractivity contribution in [1.29, 1.82) is 0 Å². The SMILES string of the molecule is Nc1n[nH]c2cc(Br)sc12. The number of H-pyrrole nitrogens is 1. The van der Waals surface area contributed by atoms with Gasteiger partial charge in [-0.1, -0.05) is 0 Å². The van der Waals surface area contributed by atoms with Crippen LogP contribution in [0.4, 0.5) is 5.82 Å². The molecule has 2 rings (SSSR count). The summed E-state index contributed by atoms with van der Waals surface area (Å²) >= 11 is 4.94. The summed E-state index contributed by atoms with van der Waals surface area (Å²) in [5, 5.41) is 6.65. The van der Waals surface area contributed by atoms with Crippen LogP contribution in [0.5, 0.6) is 0 Å². The molecule has 0 aliphatic carbocycles. The van der Waals surface area contributed by atoms with Crippen molar-refractivity contribution in [1.82, 2.24) is 10.2 Å². The zero-order valence-electron chi connectivity index (χ0n) is 4.89. The summed E-state index contributed by atoms with van der Waals surface area (Å²) in [7, 11) is 0. The van der Waals surface area contributed by atoms with Gasteiger partial charge in [-0.25, -0.2) is 0 Å². The number of aromatic nitrogens is 2. The van der Waals surface area contributed by atoms with Gasteiger partial charge in [-0.05, 0) is 22.0 Å². The molecular formula is C5H4BrN3S. The Morgan fingerprint density at radius 1 is 1.70 bits per heavy atom. The number of thiophene rings is 1. The smallest absolute Gasteiger partial charge is 0.163 e. The highest BCUT2D eigenvalue weighted by atomic mass is 79.9. The Morgan fingerprint density at radius 3 is 3.20 bits per heavy atom. The van der Waals surface area contributed by atoms with Gasteiger partial charge in [-0.15, -0.1) is 11.3 Å². The van der Waals surface area contributed by atoms with E-state index in [1.165, 1.54) is 0 Å². The molecule has 52 valence electrons. The molecule has 0 aliphatic heterocycles. The fraction of sp³-hybridized carbons (Fsp3) is 0. The van der Waals surface area contributed by atoms with E-state index in [0.717, 1.165) is 14.0 Å². The molecule has 0 saturated heterocycles. The number of hydrogen-bond acceptors (Lipinski definition) is 3. The standard InChI is InChI=1S/C5H4BrN3S/c6-3-1-2-4(10-3)5(7)9-8-2/h1H,(H3,7,8,9). The van der Waals surface area contributed by atoms with E-state index in [4.69, 9.17) is 5.73 Å². The van der Waals surface area contributed by atoms with E-state index in [2.05, 4.69) is 26.1 Å². The molecule has 0 unspecified atom stereocenters. The molecule has 3 nitrogen and oxygen atoms in total. The summed E-state index contributed by atoms with van der Waals surface area (Å²) in [6.07, 6.45) is 0. The third-order valence-corrected chi connectivity index (χ3v) is 2.89. The van der Waals surface area contributed by atoms with Crippen molar-refractivity contribution in [3.63, 3.8) is 0 Å². The van der Waals surface area contributed by atoms with Crippen LogP contribution in [-0.2, 0) is 0 Å². The first-order valence-corrected chi connectivity index (χ1v) is 4.27. The van der Waals surface area contributed by atoms with Crippen LogP contribution in [-0.4, -0.2) is 10.2 Å². The van der Waals surface area contributed by atoms with Gasteiger partial charge in [0.1, 0.15) is 0 Å². The van der Waals surface area contributed by atoms with Crippen molar-refractivity contribution < 1.29 is 0 Å². The fourth-order valence-electron chi connectivity index (χ4n) is 0.806. The molecule has 10 heavy (non-hydrogen) atoms. The number of fused-ring (bicyclic) bond motifs is 1. The summed E-state index contributed by atoms with van der Waals surface area (Å²) in [5.74, 6) is 0.575. The van der Waals surface area contributed by atoms with Gasteiger partial charge < -0.3 is 5.73 Å². The van der Waals surface area contributed by atoms with E-state index >= 15 is 0 Å². The Balaban J connectivity index is 2.90. The first-order chi connectivity index (χ1) is 4.77. The van der Waals surface area contributed by atoms with E-state index in [-0.39, 0.29) is 0 Å². The molecule has 0 bridgehead atoms. The monoisotopic (exact) mass is 217 g/mol. The predicted octanol–water partition coefficient (Wildman–Crippen LogP) is 1.97. The summed E-state index contributed by atoms with van der Waals surface area (Å²) in [5.41, 5.74) is 6.53. The maximum absolute atomic E-state index is 5.54. The molecule has 5 heteroatoms. The average molecular weight is 218 g/mol. The lowest BCUT2D eigenvalue weighted by Crippen LogP contribution is -1.82. The first kappa shape index (κ1) is 6.18. The third kappa shape index (κ3) is 0.741. The molecule has 3 N–H and O–H groups in total. The molecule has 2 aromatic heterocycles. The Bertz CT molecular complexity index is 364. The van der Waals surface area contributed by atoms with Gasteiger partial charge >= 0.3 is 0 Å².